The number of anilines is 1. The van der Waals surface area contributed by atoms with E-state index in [1.165, 1.54) is 0 Å². The van der Waals surface area contributed by atoms with Crippen LogP contribution in [-0.4, -0.2) is 61.5 Å². The molecular formula is C27H33BrClN3O5. The average molecular weight is 595 g/mol. The van der Waals surface area contributed by atoms with E-state index in [2.05, 4.69) is 26.1 Å². The molecule has 4 rings (SSSR count). The predicted octanol–water partition coefficient (Wildman–Crippen LogP) is 5.85. The summed E-state index contributed by atoms with van der Waals surface area (Å²) in [5.74, 6) is 1.05. The Morgan fingerprint density at radius 1 is 1.16 bits per heavy atom. The van der Waals surface area contributed by atoms with Gasteiger partial charge in [-0.2, -0.15) is 0 Å². The van der Waals surface area contributed by atoms with Gasteiger partial charge in [-0.15, -0.1) is 0 Å². The molecule has 0 aromatic heterocycles. The molecular weight excluding hydrogens is 562 g/mol. The van der Waals surface area contributed by atoms with Crippen molar-refractivity contribution < 1.29 is 23.8 Å². The number of amides is 2. The van der Waals surface area contributed by atoms with Crippen LogP contribution in [0, 0.1) is 5.92 Å². The first kappa shape index (κ1) is 27.4. The molecule has 2 aliphatic rings. The van der Waals surface area contributed by atoms with Crippen LogP contribution in [0.1, 0.15) is 32.8 Å². The van der Waals surface area contributed by atoms with Crippen molar-refractivity contribution >= 4 is 45.4 Å². The van der Waals surface area contributed by atoms with Crippen molar-refractivity contribution in [3.8, 4) is 5.75 Å². The Labute approximate surface area is 231 Å². The number of fused-ring (bicyclic) bond motifs is 1. The fourth-order valence-electron chi connectivity index (χ4n) is 4.33. The van der Waals surface area contributed by atoms with Crippen LogP contribution in [0.4, 0.5) is 15.3 Å². The van der Waals surface area contributed by atoms with E-state index >= 15 is 0 Å². The molecule has 1 fully saturated rings. The van der Waals surface area contributed by atoms with Gasteiger partial charge in [-0.05, 0) is 54.4 Å². The largest absolute Gasteiger partial charge is 0.486 e. The Hall–Kier alpha value is -2.65. The van der Waals surface area contributed by atoms with Gasteiger partial charge < -0.3 is 29.3 Å². The molecule has 8 nitrogen and oxygen atoms in total. The highest BCUT2D eigenvalue weighted by molar-refractivity contribution is 9.10. The summed E-state index contributed by atoms with van der Waals surface area (Å²) in [5.41, 5.74) is 1.35. The lowest BCUT2D eigenvalue weighted by molar-refractivity contribution is -0.000302. The Kier molecular flexibility index (Phi) is 8.75. The molecule has 2 amide bonds. The molecule has 0 aliphatic carbocycles. The molecule has 0 unspecified atom stereocenters. The average Bonchev–Trinajstić information content (AvgIpc) is 2.80. The van der Waals surface area contributed by atoms with Crippen molar-refractivity contribution in [2.24, 2.45) is 5.92 Å². The molecule has 37 heavy (non-hydrogen) atoms. The monoisotopic (exact) mass is 593 g/mol. The first-order valence-corrected chi connectivity index (χ1v) is 13.6. The lowest BCUT2D eigenvalue weighted by Gasteiger charge is -2.44. The normalized spacial score (nSPS) is 17.4. The van der Waals surface area contributed by atoms with Gasteiger partial charge in [0.25, 0.3) is 0 Å². The first-order valence-electron chi connectivity index (χ1n) is 12.4. The van der Waals surface area contributed by atoms with Gasteiger partial charge in [0, 0.05) is 43.0 Å². The Bertz CT molecular complexity index is 1110. The lowest BCUT2D eigenvalue weighted by atomic mass is 9.98. The fraction of sp³-hybridized carbons (Fsp3) is 0.481. The number of benzene rings is 2. The zero-order valence-corrected chi connectivity index (χ0v) is 23.7. The third-order valence-electron chi connectivity index (χ3n) is 6.10. The van der Waals surface area contributed by atoms with Crippen LogP contribution in [0.15, 0.2) is 46.9 Å². The number of alkyl carbamates (subject to hydrolysis) is 1. The van der Waals surface area contributed by atoms with Gasteiger partial charge in [0.05, 0.1) is 17.3 Å². The van der Waals surface area contributed by atoms with Gasteiger partial charge in [0.2, 0.25) is 0 Å². The van der Waals surface area contributed by atoms with Crippen LogP contribution >= 0.6 is 27.5 Å². The van der Waals surface area contributed by atoms with E-state index in [1.807, 2.05) is 63.2 Å². The van der Waals surface area contributed by atoms with Crippen molar-refractivity contribution in [1.29, 1.82) is 0 Å². The maximum atomic E-state index is 12.3. The minimum atomic E-state index is -0.509. The molecule has 2 aromatic rings. The molecule has 10 heteroatoms. The summed E-state index contributed by atoms with van der Waals surface area (Å²) < 4.78 is 17.8. The second kappa shape index (κ2) is 11.8. The molecule has 0 radical (unpaired) electrons. The Balaban J connectivity index is 1.30. The molecule has 1 saturated heterocycles. The molecule has 1 N–H and O–H groups in total. The third kappa shape index (κ3) is 7.68. The van der Waals surface area contributed by atoms with Crippen LogP contribution in [0.25, 0.3) is 0 Å². The maximum absolute atomic E-state index is 12.3. The quantitative estimate of drug-likeness (QED) is 0.433. The zero-order valence-electron chi connectivity index (χ0n) is 21.3. The topological polar surface area (TPSA) is 80.3 Å². The van der Waals surface area contributed by atoms with Crippen LogP contribution < -0.4 is 15.0 Å². The summed E-state index contributed by atoms with van der Waals surface area (Å²) in [6.07, 6.45) is -0.243. The fourth-order valence-corrected chi connectivity index (χ4v) is 4.81. The number of carbonyl (C=O) groups is 2. The number of rotatable bonds is 7. The van der Waals surface area contributed by atoms with Crippen molar-refractivity contribution in [1.82, 2.24) is 10.2 Å². The zero-order chi connectivity index (χ0) is 26.6. The molecule has 0 bridgehead atoms. The summed E-state index contributed by atoms with van der Waals surface area (Å²) in [4.78, 5) is 28.4. The lowest BCUT2D eigenvalue weighted by Crippen LogP contribution is -2.56. The number of ether oxygens (including phenoxy) is 3. The van der Waals surface area contributed by atoms with Gasteiger partial charge >= 0.3 is 12.2 Å². The van der Waals surface area contributed by atoms with Crippen molar-refractivity contribution in [3.05, 3.63) is 57.5 Å². The number of halogens is 2. The van der Waals surface area contributed by atoms with Gasteiger partial charge in [0.1, 0.15) is 24.1 Å². The van der Waals surface area contributed by atoms with Crippen molar-refractivity contribution in [2.45, 2.75) is 45.5 Å². The first-order chi connectivity index (χ1) is 17.6. The molecule has 0 spiro atoms. The summed E-state index contributed by atoms with van der Waals surface area (Å²) in [6, 6.07) is 13.3. The minimum Gasteiger partial charge on any atom is -0.486 e. The van der Waals surface area contributed by atoms with E-state index in [4.69, 9.17) is 25.8 Å². The second-order valence-corrected chi connectivity index (χ2v) is 11.7. The Morgan fingerprint density at radius 2 is 1.89 bits per heavy atom. The van der Waals surface area contributed by atoms with Gasteiger partial charge in [-0.1, -0.05) is 41.9 Å². The number of nitrogens with zero attached hydrogens (tertiary/aromatic N) is 2. The molecule has 200 valence electrons. The molecule has 2 aliphatic heterocycles. The van der Waals surface area contributed by atoms with E-state index < -0.39 is 11.7 Å². The van der Waals surface area contributed by atoms with Gasteiger partial charge in [-0.3, -0.25) is 0 Å². The maximum Gasteiger partial charge on any atom is 0.410 e. The van der Waals surface area contributed by atoms with Crippen LogP contribution in [0.5, 0.6) is 5.75 Å². The van der Waals surface area contributed by atoms with Gasteiger partial charge in [0.15, 0.2) is 0 Å². The Morgan fingerprint density at radius 3 is 2.59 bits per heavy atom. The minimum absolute atomic E-state index is 0.128. The van der Waals surface area contributed by atoms with E-state index in [0.717, 1.165) is 28.0 Å². The smallest absolute Gasteiger partial charge is 0.410 e. The number of carbonyl (C=O) groups excluding carboxylic acids is 2. The van der Waals surface area contributed by atoms with Crippen LogP contribution in [0.3, 0.4) is 0 Å². The van der Waals surface area contributed by atoms with E-state index in [-0.39, 0.29) is 18.8 Å². The summed E-state index contributed by atoms with van der Waals surface area (Å²) in [5, 5.41) is 3.42. The summed E-state index contributed by atoms with van der Waals surface area (Å²) >= 11 is 9.87. The van der Waals surface area contributed by atoms with Crippen molar-refractivity contribution in [3.63, 3.8) is 0 Å². The number of nitrogens with one attached hydrogen (secondary N) is 1. The highest BCUT2D eigenvalue weighted by Gasteiger charge is 2.36. The van der Waals surface area contributed by atoms with Crippen LogP contribution in [0.2, 0.25) is 5.02 Å². The number of likely N-dealkylation sites (tertiary alicyclic amines) is 1. The summed E-state index contributed by atoms with van der Waals surface area (Å²) in [7, 11) is 0. The van der Waals surface area contributed by atoms with Crippen LogP contribution in [-0.2, 0) is 16.1 Å². The van der Waals surface area contributed by atoms with E-state index in [9.17, 15) is 9.59 Å². The molecule has 1 atom stereocenters. The summed E-state index contributed by atoms with van der Waals surface area (Å²) in [6.45, 7) is 8.95. The highest BCUT2D eigenvalue weighted by atomic mass is 79.9. The number of hydrogen-bond donors (Lipinski definition) is 1. The van der Waals surface area contributed by atoms with E-state index in [0.29, 0.717) is 43.5 Å². The van der Waals surface area contributed by atoms with Crippen molar-refractivity contribution in [2.75, 3.05) is 37.6 Å². The van der Waals surface area contributed by atoms with Gasteiger partial charge in [-0.25, -0.2) is 9.59 Å². The molecule has 2 heterocycles. The van der Waals surface area contributed by atoms with E-state index in [1.54, 1.807) is 4.90 Å². The second-order valence-electron chi connectivity index (χ2n) is 10.4. The predicted molar refractivity (Wildman–Crippen MR) is 146 cm³/mol. The molecule has 2 aromatic carbocycles. The SMILES string of the molecule is CC(C)(C)OC(=O)N1CC(CN2C[C@@H](CCNC(=O)OCc3ccccc3)Oc3cc(Br)c(Cl)cc32)C1. The third-order valence-corrected chi connectivity index (χ3v) is 7.29. The molecule has 0 saturated carbocycles. The number of hydrogen-bond acceptors (Lipinski definition) is 6. The standard InChI is InChI=1S/C27H33BrClN3O5/c1-27(2,3)37-26(34)32-14-19(15-32)13-31-16-20(36-24-11-21(28)22(29)12-23(24)31)9-10-30-25(33)35-17-18-7-5-4-6-8-18/h4-8,11-12,19-20H,9-10,13-17H2,1-3H3,(H,30,33)/t20-/m1/s1. The highest BCUT2D eigenvalue weighted by Crippen LogP contribution is 2.41.